The van der Waals surface area contributed by atoms with Crippen LogP contribution in [0.1, 0.15) is 110 Å². The van der Waals surface area contributed by atoms with Crippen molar-refractivity contribution in [2.24, 2.45) is 11.8 Å². The second-order valence-electron chi connectivity index (χ2n) is 7.99. The monoisotopic (exact) mass is 378 g/mol. The Kier molecular flexibility index (Phi) is 15.2. The van der Waals surface area contributed by atoms with Crippen LogP contribution < -0.4 is 0 Å². The van der Waals surface area contributed by atoms with Crippen LogP contribution in [0.25, 0.3) is 0 Å². The molecule has 0 aromatic rings. The van der Waals surface area contributed by atoms with Crippen LogP contribution in [0.4, 0.5) is 0 Å². The number of aliphatic hydroxyl groups is 1. The Labute approximate surface area is 167 Å². The van der Waals surface area contributed by atoms with Gasteiger partial charge in [0, 0.05) is 6.42 Å². The fraction of sp³-hybridized carbons (Fsp3) is 0.875. The molecule has 1 saturated carbocycles. The van der Waals surface area contributed by atoms with Gasteiger partial charge in [0.1, 0.15) is 6.61 Å². The van der Waals surface area contributed by atoms with Gasteiger partial charge in [0.25, 0.3) is 0 Å². The van der Waals surface area contributed by atoms with Gasteiger partial charge in [-0.3, -0.25) is 4.79 Å². The molecule has 1 N–H and O–H groups in total. The summed E-state index contributed by atoms with van der Waals surface area (Å²) in [7, 11) is 0. The molecule has 27 heavy (non-hydrogen) atoms. The Hall–Kier alpha value is -1.01. The summed E-state index contributed by atoms with van der Waals surface area (Å²) < 4.78 is 5.36. The number of esters is 1. The Morgan fingerprint density at radius 2 is 1.52 bits per heavy atom. The van der Waals surface area contributed by atoms with Crippen LogP contribution in [0, 0.1) is 23.7 Å². The summed E-state index contributed by atoms with van der Waals surface area (Å²) in [5.41, 5.74) is 0. The maximum atomic E-state index is 12.3. The quantitative estimate of drug-likeness (QED) is 0.228. The smallest absolute Gasteiger partial charge is 0.309 e. The van der Waals surface area contributed by atoms with Crippen molar-refractivity contribution < 1.29 is 14.6 Å². The van der Waals surface area contributed by atoms with E-state index in [1.165, 1.54) is 83.5 Å². The molecule has 1 aliphatic carbocycles. The molecule has 1 fully saturated rings. The van der Waals surface area contributed by atoms with E-state index in [9.17, 15) is 4.79 Å². The number of hydrogen-bond acceptors (Lipinski definition) is 3. The molecule has 1 atom stereocenters. The molecular weight excluding hydrogens is 336 g/mol. The van der Waals surface area contributed by atoms with Crippen molar-refractivity contribution in [2.75, 3.05) is 13.2 Å². The highest BCUT2D eigenvalue weighted by Gasteiger charge is 2.29. The van der Waals surface area contributed by atoms with Crippen molar-refractivity contribution in [1.29, 1.82) is 0 Å². The second-order valence-corrected chi connectivity index (χ2v) is 7.99. The van der Waals surface area contributed by atoms with Gasteiger partial charge in [-0.25, -0.2) is 0 Å². The van der Waals surface area contributed by atoms with Gasteiger partial charge in [-0.2, -0.15) is 0 Å². The van der Waals surface area contributed by atoms with Crippen molar-refractivity contribution in [3.8, 4) is 11.8 Å². The van der Waals surface area contributed by atoms with Crippen LogP contribution in [-0.4, -0.2) is 24.3 Å². The van der Waals surface area contributed by atoms with Gasteiger partial charge >= 0.3 is 5.97 Å². The SMILES string of the molecule is CCOC(=O)[C@H](CCCCCCCCCCCC#CCO)C1CCCCC1. The molecule has 1 rings (SSSR count). The lowest BCUT2D eigenvalue weighted by Gasteiger charge is -2.28. The maximum absolute atomic E-state index is 12.3. The lowest BCUT2D eigenvalue weighted by Crippen LogP contribution is -2.27. The summed E-state index contributed by atoms with van der Waals surface area (Å²) >= 11 is 0. The van der Waals surface area contributed by atoms with Gasteiger partial charge in [-0.1, -0.05) is 76.5 Å². The van der Waals surface area contributed by atoms with E-state index in [-0.39, 0.29) is 18.5 Å². The van der Waals surface area contributed by atoms with Crippen LogP contribution in [0.5, 0.6) is 0 Å². The topological polar surface area (TPSA) is 46.5 Å². The number of carbonyl (C=O) groups excluding carboxylic acids is 1. The first-order valence-electron chi connectivity index (χ1n) is 11.5. The average molecular weight is 379 g/mol. The molecule has 0 unspecified atom stereocenters. The summed E-state index contributed by atoms with van der Waals surface area (Å²) in [5.74, 6) is 6.46. The average Bonchev–Trinajstić information content (AvgIpc) is 2.69. The summed E-state index contributed by atoms with van der Waals surface area (Å²) in [6.45, 7) is 2.41. The van der Waals surface area contributed by atoms with E-state index in [0.29, 0.717) is 12.5 Å². The fourth-order valence-electron chi connectivity index (χ4n) is 4.29. The summed E-state index contributed by atoms with van der Waals surface area (Å²) in [6, 6.07) is 0. The summed E-state index contributed by atoms with van der Waals surface area (Å²) in [6.07, 6.45) is 19.7. The Balaban J connectivity index is 2.04. The summed E-state index contributed by atoms with van der Waals surface area (Å²) in [5, 5.41) is 8.58. The first-order chi connectivity index (χ1) is 13.3. The van der Waals surface area contributed by atoms with E-state index in [1.54, 1.807) is 0 Å². The van der Waals surface area contributed by atoms with Crippen LogP contribution >= 0.6 is 0 Å². The predicted octanol–water partition coefficient (Wildman–Crippen LogP) is 6.03. The predicted molar refractivity (Wildman–Crippen MR) is 112 cm³/mol. The number of hydrogen-bond donors (Lipinski definition) is 1. The third kappa shape index (κ3) is 12.1. The number of aliphatic hydroxyl groups excluding tert-OH is 1. The zero-order chi connectivity index (χ0) is 19.6. The minimum Gasteiger partial charge on any atom is -0.466 e. The Morgan fingerprint density at radius 1 is 0.926 bits per heavy atom. The first-order valence-corrected chi connectivity index (χ1v) is 11.5. The third-order valence-electron chi connectivity index (χ3n) is 5.83. The van der Waals surface area contributed by atoms with Crippen LogP contribution in [0.3, 0.4) is 0 Å². The molecule has 0 radical (unpaired) electrons. The minimum atomic E-state index is -0.0127. The Bertz CT molecular complexity index is 415. The van der Waals surface area contributed by atoms with Crippen molar-refractivity contribution in [3.63, 3.8) is 0 Å². The lowest BCUT2D eigenvalue weighted by molar-refractivity contribution is -0.150. The number of rotatable bonds is 14. The highest BCUT2D eigenvalue weighted by molar-refractivity contribution is 5.72. The molecule has 0 aromatic carbocycles. The first kappa shape index (κ1) is 24.0. The van der Waals surface area contributed by atoms with E-state index in [0.717, 1.165) is 19.3 Å². The molecule has 156 valence electrons. The van der Waals surface area contributed by atoms with E-state index in [2.05, 4.69) is 11.8 Å². The van der Waals surface area contributed by atoms with Crippen LogP contribution in [-0.2, 0) is 9.53 Å². The molecule has 3 heteroatoms. The lowest BCUT2D eigenvalue weighted by atomic mass is 9.78. The molecule has 0 heterocycles. The molecule has 0 saturated heterocycles. The third-order valence-corrected chi connectivity index (χ3v) is 5.83. The van der Waals surface area contributed by atoms with Gasteiger partial charge in [-0.05, 0) is 38.5 Å². The number of unbranched alkanes of at least 4 members (excludes halogenated alkanes) is 9. The molecule has 0 aromatic heterocycles. The highest BCUT2D eigenvalue weighted by Crippen LogP contribution is 2.33. The van der Waals surface area contributed by atoms with Crippen LogP contribution in [0.2, 0.25) is 0 Å². The molecule has 0 bridgehead atoms. The molecular formula is C24H42O3. The maximum Gasteiger partial charge on any atom is 0.309 e. The zero-order valence-corrected chi connectivity index (χ0v) is 17.6. The van der Waals surface area contributed by atoms with Crippen molar-refractivity contribution in [3.05, 3.63) is 0 Å². The van der Waals surface area contributed by atoms with Crippen LogP contribution in [0.15, 0.2) is 0 Å². The van der Waals surface area contributed by atoms with Crippen molar-refractivity contribution in [2.45, 2.75) is 110 Å². The highest BCUT2D eigenvalue weighted by atomic mass is 16.5. The number of ether oxygens (including phenoxy) is 1. The fourth-order valence-corrected chi connectivity index (χ4v) is 4.29. The van der Waals surface area contributed by atoms with Gasteiger partial charge in [0.2, 0.25) is 0 Å². The van der Waals surface area contributed by atoms with Gasteiger partial charge < -0.3 is 9.84 Å². The van der Waals surface area contributed by atoms with Gasteiger partial charge in [0.15, 0.2) is 0 Å². The molecule has 0 spiro atoms. The molecule has 1 aliphatic rings. The molecule has 0 amide bonds. The van der Waals surface area contributed by atoms with Gasteiger partial charge in [0.05, 0.1) is 12.5 Å². The number of carbonyl (C=O) groups is 1. The molecule has 0 aliphatic heterocycles. The van der Waals surface area contributed by atoms with Gasteiger partial charge in [-0.15, -0.1) is 5.92 Å². The van der Waals surface area contributed by atoms with E-state index >= 15 is 0 Å². The second kappa shape index (κ2) is 17.1. The zero-order valence-electron chi connectivity index (χ0n) is 17.6. The van der Waals surface area contributed by atoms with E-state index < -0.39 is 0 Å². The normalized spacial score (nSPS) is 15.8. The minimum absolute atomic E-state index is 0.0127. The van der Waals surface area contributed by atoms with Crippen molar-refractivity contribution in [1.82, 2.24) is 0 Å². The van der Waals surface area contributed by atoms with E-state index in [4.69, 9.17) is 9.84 Å². The largest absolute Gasteiger partial charge is 0.466 e. The summed E-state index contributed by atoms with van der Waals surface area (Å²) in [4.78, 5) is 12.3. The Morgan fingerprint density at radius 3 is 2.11 bits per heavy atom. The van der Waals surface area contributed by atoms with E-state index in [1.807, 2.05) is 6.92 Å². The standard InChI is InChI=1S/C24H42O3/c1-2-27-24(26)23(22-18-14-13-15-19-22)20-16-11-9-7-5-3-4-6-8-10-12-17-21-25/h22-23,25H,2-11,13-16,18-21H2,1H3/t23-/m1/s1. The van der Waals surface area contributed by atoms with Crippen molar-refractivity contribution >= 4 is 5.97 Å². The molecule has 3 nitrogen and oxygen atoms in total.